The number of ether oxygens (including phenoxy) is 1. The Bertz CT molecular complexity index is 359. The maximum absolute atomic E-state index is 11.5. The molecule has 3 unspecified atom stereocenters. The van der Waals surface area contributed by atoms with Crippen LogP contribution in [0.5, 0.6) is 0 Å². The molecule has 3 atom stereocenters. The van der Waals surface area contributed by atoms with Crippen LogP contribution in [0.4, 0.5) is 0 Å². The smallest absolute Gasteiger partial charge is 0.344 e. The lowest BCUT2D eigenvalue weighted by molar-refractivity contribution is -0.146. The molecule has 0 aromatic carbocycles. The van der Waals surface area contributed by atoms with Crippen LogP contribution in [0.25, 0.3) is 0 Å². The van der Waals surface area contributed by atoms with Gasteiger partial charge in [0, 0.05) is 0 Å². The minimum Gasteiger partial charge on any atom is -0.477 e. The zero-order valence-corrected chi connectivity index (χ0v) is 12.0. The van der Waals surface area contributed by atoms with Gasteiger partial charge in [0.15, 0.2) is 0 Å². The van der Waals surface area contributed by atoms with Crippen molar-refractivity contribution in [2.75, 3.05) is 6.61 Å². The van der Waals surface area contributed by atoms with Gasteiger partial charge in [-0.15, -0.1) is 0 Å². The molecule has 0 radical (unpaired) electrons. The summed E-state index contributed by atoms with van der Waals surface area (Å²) in [6.45, 7) is 10.1. The van der Waals surface area contributed by atoms with E-state index in [0.29, 0.717) is 30.3 Å². The molecule has 0 amide bonds. The van der Waals surface area contributed by atoms with Crippen molar-refractivity contribution in [3.63, 3.8) is 0 Å². The lowest BCUT2D eigenvalue weighted by atomic mass is 9.70. The molecule has 1 rings (SSSR count). The van der Waals surface area contributed by atoms with Crippen LogP contribution in [0, 0.1) is 23.7 Å². The Balaban J connectivity index is 2.55. The monoisotopic (exact) mass is 268 g/mol. The van der Waals surface area contributed by atoms with Crippen LogP contribution in [0.2, 0.25) is 0 Å². The highest BCUT2D eigenvalue weighted by Gasteiger charge is 2.31. The Kier molecular flexibility index (Phi) is 5.58. The number of carboxylic acid groups (broad SMARTS) is 1. The van der Waals surface area contributed by atoms with Crippen molar-refractivity contribution >= 4 is 11.9 Å². The predicted molar refractivity (Wildman–Crippen MR) is 72.6 cm³/mol. The van der Waals surface area contributed by atoms with Crippen LogP contribution >= 0.6 is 0 Å². The highest BCUT2D eigenvalue weighted by Crippen LogP contribution is 2.38. The number of rotatable bonds is 5. The molecule has 1 aliphatic rings. The third-order valence-corrected chi connectivity index (χ3v) is 4.09. The van der Waals surface area contributed by atoms with Gasteiger partial charge in [0.1, 0.15) is 5.57 Å². The number of aliphatic carboxylic acids is 1. The molecule has 19 heavy (non-hydrogen) atoms. The first kappa shape index (κ1) is 15.7. The molecule has 1 fully saturated rings. The van der Waals surface area contributed by atoms with E-state index in [9.17, 15) is 9.59 Å². The maximum atomic E-state index is 11.5. The van der Waals surface area contributed by atoms with E-state index in [0.717, 1.165) is 12.8 Å². The Morgan fingerprint density at radius 1 is 1.37 bits per heavy atom. The number of hydrogen-bond acceptors (Lipinski definition) is 3. The summed E-state index contributed by atoms with van der Waals surface area (Å²) in [4.78, 5) is 22.1. The first-order chi connectivity index (χ1) is 8.82. The van der Waals surface area contributed by atoms with Crippen molar-refractivity contribution in [1.29, 1.82) is 0 Å². The van der Waals surface area contributed by atoms with E-state index in [1.165, 1.54) is 6.42 Å². The lowest BCUT2D eigenvalue weighted by Gasteiger charge is -2.36. The summed E-state index contributed by atoms with van der Waals surface area (Å²) in [7, 11) is 0. The van der Waals surface area contributed by atoms with Crippen molar-refractivity contribution in [2.45, 2.75) is 40.0 Å². The van der Waals surface area contributed by atoms with Crippen LogP contribution in [0.15, 0.2) is 12.2 Å². The van der Waals surface area contributed by atoms with E-state index >= 15 is 0 Å². The van der Waals surface area contributed by atoms with E-state index in [1.807, 2.05) is 0 Å². The molecule has 0 saturated heterocycles. The molecule has 0 bridgehead atoms. The maximum Gasteiger partial charge on any atom is 0.344 e. The normalized spacial score (nSPS) is 27.1. The SMILES string of the molecule is C=C(C(=O)O)C(=O)OCC1CC(C)CCC1C(C)C. The summed E-state index contributed by atoms with van der Waals surface area (Å²) in [6.07, 6.45) is 3.41. The van der Waals surface area contributed by atoms with E-state index in [4.69, 9.17) is 9.84 Å². The van der Waals surface area contributed by atoms with E-state index in [-0.39, 0.29) is 0 Å². The summed E-state index contributed by atoms with van der Waals surface area (Å²) >= 11 is 0. The molecule has 0 aliphatic heterocycles. The molecule has 4 heteroatoms. The number of carbonyl (C=O) groups is 2. The molecule has 1 saturated carbocycles. The third-order valence-electron chi connectivity index (χ3n) is 4.09. The van der Waals surface area contributed by atoms with Gasteiger partial charge in [-0.05, 0) is 36.5 Å². The van der Waals surface area contributed by atoms with Gasteiger partial charge < -0.3 is 9.84 Å². The van der Waals surface area contributed by atoms with Crippen LogP contribution in [-0.2, 0) is 14.3 Å². The van der Waals surface area contributed by atoms with Gasteiger partial charge in [0.2, 0.25) is 0 Å². The van der Waals surface area contributed by atoms with Crippen LogP contribution in [0.1, 0.15) is 40.0 Å². The Labute approximate surface area is 114 Å². The average Bonchev–Trinajstić information content (AvgIpc) is 2.34. The van der Waals surface area contributed by atoms with Gasteiger partial charge in [-0.25, -0.2) is 9.59 Å². The molecule has 0 aromatic heterocycles. The fraction of sp³-hybridized carbons (Fsp3) is 0.733. The quantitative estimate of drug-likeness (QED) is 0.360. The molecular weight excluding hydrogens is 244 g/mol. The summed E-state index contributed by atoms with van der Waals surface area (Å²) in [5.41, 5.74) is -0.495. The molecule has 4 nitrogen and oxygen atoms in total. The fourth-order valence-electron chi connectivity index (χ4n) is 2.95. The van der Waals surface area contributed by atoms with E-state index < -0.39 is 17.5 Å². The molecular formula is C15H24O4. The standard InChI is InChI=1S/C15H24O4/c1-9(2)13-6-5-10(3)7-12(13)8-19-15(18)11(4)14(16)17/h9-10,12-13H,4-8H2,1-3H3,(H,16,17). The Morgan fingerprint density at radius 3 is 2.53 bits per heavy atom. The molecule has 0 aromatic rings. The molecule has 0 spiro atoms. The fourth-order valence-corrected chi connectivity index (χ4v) is 2.95. The van der Waals surface area contributed by atoms with Gasteiger partial charge in [0.25, 0.3) is 0 Å². The van der Waals surface area contributed by atoms with Crippen LogP contribution in [0.3, 0.4) is 0 Å². The van der Waals surface area contributed by atoms with Crippen LogP contribution < -0.4 is 0 Å². The minimum absolute atomic E-state index is 0.304. The first-order valence-electron chi connectivity index (χ1n) is 6.92. The summed E-state index contributed by atoms with van der Waals surface area (Å²) in [5, 5.41) is 8.67. The zero-order chi connectivity index (χ0) is 14.6. The second kappa shape index (κ2) is 6.73. The second-order valence-electron chi connectivity index (χ2n) is 5.97. The van der Waals surface area contributed by atoms with Crippen molar-refractivity contribution in [3.05, 3.63) is 12.2 Å². The van der Waals surface area contributed by atoms with E-state index in [2.05, 4.69) is 27.4 Å². The molecule has 1 aliphatic carbocycles. The second-order valence-corrected chi connectivity index (χ2v) is 5.97. The van der Waals surface area contributed by atoms with Gasteiger partial charge in [-0.1, -0.05) is 33.8 Å². The summed E-state index contributed by atoms with van der Waals surface area (Å²) < 4.78 is 5.11. The summed E-state index contributed by atoms with van der Waals surface area (Å²) in [6, 6.07) is 0. The van der Waals surface area contributed by atoms with Crippen LogP contribution in [-0.4, -0.2) is 23.7 Å². The minimum atomic E-state index is -1.32. The largest absolute Gasteiger partial charge is 0.477 e. The van der Waals surface area contributed by atoms with E-state index in [1.54, 1.807) is 0 Å². The van der Waals surface area contributed by atoms with Gasteiger partial charge in [-0.2, -0.15) is 0 Å². The molecule has 0 heterocycles. The Morgan fingerprint density at radius 2 is 2.00 bits per heavy atom. The van der Waals surface area contributed by atoms with Crippen molar-refractivity contribution in [3.8, 4) is 0 Å². The topological polar surface area (TPSA) is 63.6 Å². The third kappa shape index (κ3) is 4.37. The predicted octanol–water partition coefficient (Wildman–Crippen LogP) is 2.88. The highest BCUT2D eigenvalue weighted by atomic mass is 16.5. The zero-order valence-electron chi connectivity index (χ0n) is 12.0. The first-order valence-corrected chi connectivity index (χ1v) is 6.92. The van der Waals surface area contributed by atoms with Crippen molar-refractivity contribution < 1.29 is 19.4 Å². The number of hydrogen-bond donors (Lipinski definition) is 1. The average molecular weight is 268 g/mol. The van der Waals surface area contributed by atoms with Gasteiger partial charge >= 0.3 is 11.9 Å². The molecule has 108 valence electrons. The summed E-state index contributed by atoms with van der Waals surface area (Å²) in [5.74, 6) is -0.0627. The number of carboxylic acids is 1. The van der Waals surface area contributed by atoms with Gasteiger partial charge in [-0.3, -0.25) is 0 Å². The number of carbonyl (C=O) groups excluding carboxylic acids is 1. The highest BCUT2D eigenvalue weighted by molar-refractivity contribution is 6.12. The lowest BCUT2D eigenvalue weighted by Crippen LogP contribution is -2.32. The molecule has 1 N–H and O–H groups in total. The van der Waals surface area contributed by atoms with Crippen molar-refractivity contribution in [2.24, 2.45) is 23.7 Å². The van der Waals surface area contributed by atoms with Crippen molar-refractivity contribution in [1.82, 2.24) is 0 Å². The van der Waals surface area contributed by atoms with Gasteiger partial charge in [0.05, 0.1) is 6.61 Å². The Hall–Kier alpha value is -1.32. The number of esters is 1.